The molecule has 1 heterocycles. The molecule has 7 nitrogen and oxygen atoms in total. The number of aromatic hydroxyl groups is 1. The number of rotatable bonds is 4. The summed E-state index contributed by atoms with van der Waals surface area (Å²) in [6, 6.07) is 12.5. The number of non-ortho nitro benzene ring substituents is 1. The van der Waals surface area contributed by atoms with Crippen molar-refractivity contribution in [3.8, 4) is 11.4 Å². The third-order valence-electron chi connectivity index (χ3n) is 4.64. The van der Waals surface area contributed by atoms with Gasteiger partial charge in [-0.3, -0.25) is 19.5 Å². The molecule has 1 aromatic heterocycles. The summed E-state index contributed by atoms with van der Waals surface area (Å²) in [6.07, 6.45) is 11.4. The largest absolute Gasteiger partial charge is 0.508 e. The molecule has 0 bridgehead atoms. The Hall–Kier alpha value is -4.26. The van der Waals surface area contributed by atoms with Gasteiger partial charge in [0.2, 0.25) is 0 Å². The molecule has 0 aliphatic heterocycles. The summed E-state index contributed by atoms with van der Waals surface area (Å²) >= 11 is 0. The number of nitro groups is 1. The number of nitro benzene ring substituents is 1. The van der Waals surface area contributed by atoms with Crippen LogP contribution in [0.25, 0.3) is 30.0 Å². The monoisotopic (exact) mass is 399 g/mol. The molecule has 1 aliphatic carbocycles. The van der Waals surface area contributed by atoms with Crippen LogP contribution in [0.15, 0.2) is 65.5 Å². The third-order valence-corrected chi connectivity index (χ3v) is 4.64. The van der Waals surface area contributed by atoms with E-state index in [1.165, 1.54) is 22.8 Å². The SMILES string of the molecule is O=c1c2c(nc(/C=C/c3ccc(O)cc3)n1-c1cccc([N+](=O)[O-])c1)=CC=CCC=2. The van der Waals surface area contributed by atoms with Crippen LogP contribution in [-0.4, -0.2) is 19.6 Å². The van der Waals surface area contributed by atoms with Crippen molar-refractivity contribution in [2.24, 2.45) is 0 Å². The van der Waals surface area contributed by atoms with E-state index in [9.17, 15) is 20.0 Å². The molecule has 4 rings (SSSR count). The number of nitrogens with zero attached hydrogens (tertiary/aromatic N) is 3. The van der Waals surface area contributed by atoms with Crippen molar-refractivity contribution in [1.82, 2.24) is 9.55 Å². The van der Waals surface area contributed by atoms with E-state index in [2.05, 4.69) is 4.98 Å². The number of benzene rings is 2. The molecule has 0 radical (unpaired) electrons. The zero-order valence-electron chi connectivity index (χ0n) is 15.8. The van der Waals surface area contributed by atoms with Crippen LogP contribution in [0.5, 0.6) is 5.75 Å². The van der Waals surface area contributed by atoms with Gasteiger partial charge in [-0.15, -0.1) is 0 Å². The van der Waals surface area contributed by atoms with Gasteiger partial charge in [0.05, 0.1) is 21.2 Å². The average Bonchev–Trinajstić information content (AvgIpc) is 2.99. The van der Waals surface area contributed by atoms with Crippen LogP contribution in [0, 0.1) is 10.1 Å². The highest BCUT2D eigenvalue weighted by Gasteiger charge is 2.13. The number of fused-ring (bicyclic) bond motifs is 1. The fourth-order valence-corrected chi connectivity index (χ4v) is 3.17. The lowest BCUT2D eigenvalue weighted by Crippen LogP contribution is -2.47. The van der Waals surface area contributed by atoms with Crippen molar-refractivity contribution >= 4 is 30.0 Å². The predicted molar refractivity (Wildman–Crippen MR) is 115 cm³/mol. The second-order valence-corrected chi connectivity index (χ2v) is 6.65. The number of hydrogen-bond acceptors (Lipinski definition) is 5. The van der Waals surface area contributed by atoms with E-state index >= 15 is 0 Å². The van der Waals surface area contributed by atoms with Crippen molar-refractivity contribution in [3.05, 3.63) is 103 Å². The standard InChI is InChI=1S/C23H17N3O4/c27-19-12-9-16(10-13-19)11-14-22-24-21-8-3-1-2-7-20(21)23(28)25(22)17-5-4-6-18(15-17)26(29)30/h1,3-15,27H,2H2/b14-11+. The Bertz CT molecular complexity index is 1370. The minimum atomic E-state index is -0.499. The molecule has 30 heavy (non-hydrogen) atoms. The Morgan fingerprint density at radius 3 is 2.70 bits per heavy atom. The van der Waals surface area contributed by atoms with E-state index in [1.807, 2.05) is 12.2 Å². The van der Waals surface area contributed by atoms with Gasteiger partial charge in [-0.05, 0) is 42.3 Å². The first-order valence-corrected chi connectivity index (χ1v) is 9.25. The number of phenolic OH excluding ortho intramolecular Hbond substituents is 1. The van der Waals surface area contributed by atoms with Gasteiger partial charge in [-0.25, -0.2) is 4.98 Å². The van der Waals surface area contributed by atoms with Gasteiger partial charge in [0.15, 0.2) is 0 Å². The number of allylic oxidation sites excluding steroid dienone is 2. The number of phenols is 1. The summed E-state index contributed by atoms with van der Waals surface area (Å²) in [5.41, 5.74) is 0.754. The van der Waals surface area contributed by atoms with Gasteiger partial charge in [0, 0.05) is 12.1 Å². The molecule has 148 valence electrons. The predicted octanol–water partition coefficient (Wildman–Crippen LogP) is 2.54. The molecular formula is C23H17N3O4. The second kappa shape index (κ2) is 8.00. The molecule has 1 aliphatic rings. The van der Waals surface area contributed by atoms with E-state index in [0.717, 1.165) is 5.56 Å². The Kier molecular flexibility index (Phi) is 5.09. The molecule has 1 N–H and O–H groups in total. The van der Waals surface area contributed by atoms with Crippen LogP contribution >= 0.6 is 0 Å². The molecule has 0 unspecified atom stereocenters. The van der Waals surface area contributed by atoms with Crippen LogP contribution in [0.3, 0.4) is 0 Å². The maximum atomic E-state index is 13.3. The summed E-state index contributed by atoms with van der Waals surface area (Å²) in [6.45, 7) is 0. The van der Waals surface area contributed by atoms with Crippen LogP contribution in [-0.2, 0) is 0 Å². The molecular weight excluding hydrogens is 382 g/mol. The molecule has 0 fully saturated rings. The molecule has 0 saturated heterocycles. The smallest absolute Gasteiger partial charge is 0.271 e. The Balaban J connectivity index is 1.96. The first-order chi connectivity index (χ1) is 14.5. The molecule has 7 heteroatoms. The number of aromatic nitrogens is 2. The minimum Gasteiger partial charge on any atom is -0.508 e. The normalized spacial score (nSPS) is 12.7. The first kappa shape index (κ1) is 19.1. The van der Waals surface area contributed by atoms with Crippen LogP contribution in [0.1, 0.15) is 17.8 Å². The van der Waals surface area contributed by atoms with Crippen LogP contribution in [0.4, 0.5) is 5.69 Å². The highest BCUT2D eigenvalue weighted by Crippen LogP contribution is 2.17. The molecule has 3 aromatic rings. The van der Waals surface area contributed by atoms with E-state index in [-0.39, 0.29) is 17.0 Å². The van der Waals surface area contributed by atoms with E-state index < -0.39 is 4.92 Å². The van der Waals surface area contributed by atoms with Gasteiger partial charge in [0.25, 0.3) is 11.2 Å². The summed E-state index contributed by atoms with van der Waals surface area (Å²) in [5, 5.41) is 21.7. The van der Waals surface area contributed by atoms with Gasteiger partial charge in [-0.1, -0.05) is 42.5 Å². The lowest BCUT2D eigenvalue weighted by Gasteiger charge is -2.10. The summed E-state index contributed by atoms with van der Waals surface area (Å²) in [7, 11) is 0. The summed E-state index contributed by atoms with van der Waals surface area (Å²) in [5.74, 6) is 0.494. The zero-order chi connectivity index (χ0) is 21.1. The quantitative estimate of drug-likeness (QED) is 0.537. The van der Waals surface area contributed by atoms with Gasteiger partial charge in [0.1, 0.15) is 11.6 Å². The highest BCUT2D eigenvalue weighted by atomic mass is 16.6. The van der Waals surface area contributed by atoms with Crippen LogP contribution < -0.4 is 16.1 Å². The Morgan fingerprint density at radius 1 is 1.13 bits per heavy atom. The van der Waals surface area contributed by atoms with Crippen LogP contribution in [0.2, 0.25) is 0 Å². The molecule has 0 spiro atoms. The average molecular weight is 399 g/mol. The molecule has 0 atom stereocenters. The van der Waals surface area contributed by atoms with Crippen molar-refractivity contribution in [3.63, 3.8) is 0 Å². The Labute approximate surface area is 171 Å². The second-order valence-electron chi connectivity index (χ2n) is 6.65. The number of hydrogen-bond donors (Lipinski definition) is 1. The lowest BCUT2D eigenvalue weighted by molar-refractivity contribution is -0.384. The fourth-order valence-electron chi connectivity index (χ4n) is 3.17. The minimum absolute atomic E-state index is 0.111. The van der Waals surface area contributed by atoms with E-state index in [0.29, 0.717) is 28.5 Å². The lowest BCUT2D eigenvalue weighted by atomic mass is 10.2. The molecule has 0 saturated carbocycles. The highest BCUT2D eigenvalue weighted by molar-refractivity contribution is 5.68. The molecule has 0 amide bonds. The van der Waals surface area contributed by atoms with Crippen molar-refractivity contribution < 1.29 is 10.0 Å². The van der Waals surface area contributed by atoms with Crippen molar-refractivity contribution in [1.29, 1.82) is 0 Å². The molecule has 2 aromatic carbocycles. The van der Waals surface area contributed by atoms with Crippen molar-refractivity contribution in [2.75, 3.05) is 0 Å². The van der Waals surface area contributed by atoms with E-state index in [4.69, 9.17) is 0 Å². The maximum Gasteiger partial charge on any atom is 0.271 e. The maximum absolute atomic E-state index is 13.3. The Morgan fingerprint density at radius 2 is 1.93 bits per heavy atom. The summed E-state index contributed by atoms with van der Waals surface area (Å²) < 4.78 is 1.37. The fraction of sp³-hybridized carbons (Fsp3) is 0.0435. The topological polar surface area (TPSA) is 98.3 Å². The van der Waals surface area contributed by atoms with Crippen molar-refractivity contribution in [2.45, 2.75) is 6.42 Å². The third kappa shape index (κ3) is 3.81. The zero-order valence-corrected chi connectivity index (χ0v) is 15.8. The van der Waals surface area contributed by atoms with Gasteiger partial charge in [-0.2, -0.15) is 0 Å². The summed E-state index contributed by atoms with van der Waals surface area (Å²) in [4.78, 5) is 28.7. The first-order valence-electron chi connectivity index (χ1n) is 9.25. The van der Waals surface area contributed by atoms with Gasteiger partial charge < -0.3 is 5.11 Å². The van der Waals surface area contributed by atoms with Gasteiger partial charge >= 0.3 is 0 Å². The van der Waals surface area contributed by atoms with E-state index in [1.54, 1.807) is 54.6 Å².